The monoisotopic (exact) mass is 374 g/mol. The molecule has 0 bridgehead atoms. The third kappa shape index (κ3) is 3.03. The number of aromatic nitrogens is 3. The van der Waals surface area contributed by atoms with Gasteiger partial charge in [0, 0.05) is 33.4 Å². The highest BCUT2D eigenvalue weighted by Gasteiger charge is 2.13. The number of benzene rings is 1. The smallest absolute Gasteiger partial charge is 0.153 e. The van der Waals surface area contributed by atoms with Crippen LogP contribution >= 0.6 is 28.6 Å². The van der Waals surface area contributed by atoms with Gasteiger partial charge in [0.05, 0.1) is 5.69 Å². The van der Waals surface area contributed by atoms with Crippen LogP contribution in [-0.4, -0.2) is 14.8 Å². The molecule has 0 aliphatic carbocycles. The van der Waals surface area contributed by atoms with Crippen LogP contribution in [0.2, 0.25) is 0 Å². The van der Waals surface area contributed by atoms with Gasteiger partial charge in [-0.05, 0) is 51.8 Å². The second kappa shape index (κ2) is 6.14. The Balaban J connectivity index is 1.89. The average molecular weight is 375 g/mol. The molecule has 22 heavy (non-hydrogen) atoms. The van der Waals surface area contributed by atoms with Gasteiger partial charge in [-0.1, -0.05) is 13.0 Å². The number of anilines is 1. The van der Waals surface area contributed by atoms with Gasteiger partial charge in [-0.3, -0.25) is 0 Å². The summed E-state index contributed by atoms with van der Waals surface area (Å²) in [5.41, 5.74) is 8.60. The van der Waals surface area contributed by atoms with Crippen LogP contribution in [-0.2, 0) is 0 Å². The number of pyridine rings is 1. The third-order valence-electron chi connectivity index (χ3n) is 3.55. The minimum Gasteiger partial charge on any atom is -0.398 e. The molecule has 3 aromatic rings. The molecule has 1 atom stereocenters. The first-order valence-electron chi connectivity index (χ1n) is 6.80. The molecule has 0 aliphatic rings. The van der Waals surface area contributed by atoms with Crippen molar-refractivity contribution in [3.05, 3.63) is 64.5 Å². The van der Waals surface area contributed by atoms with Crippen LogP contribution in [0.3, 0.4) is 0 Å². The molecular formula is C16H15BrN4S. The van der Waals surface area contributed by atoms with Crippen molar-refractivity contribution in [2.75, 3.05) is 5.73 Å². The molecular weight excluding hydrogens is 360 g/mol. The van der Waals surface area contributed by atoms with Crippen LogP contribution in [0, 0.1) is 0 Å². The van der Waals surface area contributed by atoms with E-state index in [-0.39, 0.29) is 5.92 Å². The summed E-state index contributed by atoms with van der Waals surface area (Å²) in [6.07, 6.45) is 3.67. The second-order valence-electron chi connectivity index (χ2n) is 5.06. The Labute approximate surface area is 142 Å². The van der Waals surface area contributed by atoms with Crippen LogP contribution in [0.4, 0.5) is 5.69 Å². The maximum absolute atomic E-state index is 5.81. The standard InChI is InChI=1S/C16H15BrN4S/c1-10(11-2-4-13(18)15(22)8-11)14-6-7-21(20-14)16-5-3-12(17)9-19-16/h2-10,22H,18H2,1H3. The molecule has 6 heteroatoms. The molecule has 0 saturated carbocycles. The van der Waals surface area contributed by atoms with Crippen LogP contribution < -0.4 is 5.73 Å². The summed E-state index contributed by atoms with van der Waals surface area (Å²) < 4.78 is 2.72. The van der Waals surface area contributed by atoms with Crippen molar-refractivity contribution in [2.45, 2.75) is 17.7 Å². The molecule has 2 heterocycles. The zero-order chi connectivity index (χ0) is 15.7. The number of thiol groups is 1. The maximum Gasteiger partial charge on any atom is 0.153 e. The highest BCUT2D eigenvalue weighted by molar-refractivity contribution is 9.10. The molecule has 3 rings (SSSR count). The topological polar surface area (TPSA) is 56.7 Å². The Bertz CT molecular complexity index is 798. The van der Waals surface area contributed by atoms with Gasteiger partial charge in [-0.2, -0.15) is 5.10 Å². The number of nitrogens with two attached hydrogens (primary N) is 1. The molecule has 0 radical (unpaired) electrons. The largest absolute Gasteiger partial charge is 0.398 e. The van der Waals surface area contributed by atoms with Crippen LogP contribution in [0.5, 0.6) is 0 Å². The molecule has 2 aromatic heterocycles. The number of halogens is 1. The number of rotatable bonds is 3. The third-order valence-corrected chi connectivity index (χ3v) is 4.41. The predicted molar refractivity (Wildman–Crippen MR) is 94.7 cm³/mol. The Morgan fingerprint density at radius 1 is 1.23 bits per heavy atom. The van der Waals surface area contributed by atoms with E-state index < -0.39 is 0 Å². The van der Waals surface area contributed by atoms with E-state index in [1.165, 1.54) is 0 Å². The molecule has 0 saturated heterocycles. The first-order valence-corrected chi connectivity index (χ1v) is 8.04. The van der Waals surface area contributed by atoms with Gasteiger partial charge in [-0.25, -0.2) is 9.67 Å². The van der Waals surface area contributed by atoms with Crippen LogP contribution in [0.1, 0.15) is 24.1 Å². The Kier molecular flexibility index (Phi) is 4.22. The fourth-order valence-corrected chi connectivity index (χ4v) is 2.66. The lowest BCUT2D eigenvalue weighted by Crippen LogP contribution is -2.02. The zero-order valence-corrected chi connectivity index (χ0v) is 14.4. The number of nitrogens with zero attached hydrogens (tertiary/aromatic N) is 3. The quantitative estimate of drug-likeness (QED) is 0.536. The van der Waals surface area contributed by atoms with Crippen molar-refractivity contribution < 1.29 is 0 Å². The normalized spacial score (nSPS) is 12.3. The van der Waals surface area contributed by atoms with Gasteiger partial charge in [-0.15, -0.1) is 12.6 Å². The summed E-state index contributed by atoms with van der Waals surface area (Å²) in [4.78, 5) is 5.13. The highest BCUT2D eigenvalue weighted by Crippen LogP contribution is 2.27. The SMILES string of the molecule is CC(c1ccc(N)c(S)c1)c1ccn(-c2ccc(Br)cn2)n1. The summed E-state index contributed by atoms with van der Waals surface area (Å²) >= 11 is 7.76. The molecule has 112 valence electrons. The second-order valence-corrected chi connectivity index (χ2v) is 6.46. The lowest BCUT2D eigenvalue weighted by atomic mass is 9.98. The van der Waals surface area contributed by atoms with Gasteiger partial charge >= 0.3 is 0 Å². The zero-order valence-electron chi connectivity index (χ0n) is 11.9. The fourth-order valence-electron chi connectivity index (χ4n) is 2.20. The first-order chi connectivity index (χ1) is 10.5. The van der Waals surface area contributed by atoms with Gasteiger partial charge in [0.25, 0.3) is 0 Å². The van der Waals surface area contributed by atoms with Crippen molar-refractivity contribution in [1.29, 1.82) is 0 Å². The molecule has 4 nitrogen and oxygen atoms in total. The lowest BCUT2D eigenvalue weighted by molar-refractivity contribution is 0.778. The fraction of sp³-hybridized carbons (Fsp3) is 0.125. The van der Waals surface area contributed by atoms with E-state index in [4.69, 9.17) is 5.73 Å². The van der Waals surface area contributed by atoms with E-state index in [9.17, 15) is 0 Å². The summed E-state index contributed by atoms with van der Waals surface area (Å²) in [7, 11) is 0. The van der Waals surface area contributed by atoms with E-state index >= 15 is 0 Å². The van der Waals surface area contributed by atoms with Gasteiger partial charge in [0.15, 0.2) is 5.82 Å². The van der Waals surface area contributed by atoms with Crippen LogP contribution in [0.25, 0.3) is 5.82 Å². The summed E-state index contributed by atoms with van der Waals surface area (Å²) in [6.45, 7) is 2.11. The lowest BCUT2D eigenvalue weighted by Gasteiger charge is -2.11. The summed E-state index contributed by atoms with van der Waals surface area (Å²) in [5.74, 6) is 0.942. The van der Waals surface area contributed by atoms with Gasteiger partial charge in [0.2, 0.25) is 0 Å². The van der Waals surface area contributed by atoms with Crippen molar-refractivity contribution in [3.63, 3.8) is 0 Å². The van der Waals surface area contributed by atoms with Crippen molar-refractivity contribution >= 4 is 34.2 Å². The molecule has 0 fully saturated rings. The maximum atomic E-state index is 5.81. The Morgan fingerprint density at radius 2 is 2.05 bits per heavy atom. The van der Waals surface area contributed by atoms with Crippen molar-refractivity contribution in [2.24, 2.45) is 0 Å². The molecule has 2 N–H and O–H groups in total. The number of hydrogen-bond acceptors (Lipinski definition) is 4. The molecule has 1 unspecified atom stereocenters. The summed E-state index contributed by atoms with van der Waals surface area (Å²) in [6, 6.07) is 11.7. The molecule has 0 spiro atoms. The van der Waals surface area contributed by atoms with E-state index in [0.717, 1.165) is 26.4 Å². The Hall–Kier alpha value is -1.79. The molecule has 1 aromatic carbocycles. The molecule has 0 amide bonds. The van der Waals surface area contributed by atoms with E-state index in [1.54, 1.807) is 10.9 Å². The van der Waals surface area contributed by atoms with Gasteiger partial charge in [0.1, 0.15) is 0 Å². The average Bonchev–Trinajstić information content (AvgIpc) is 3.00. The minimum absolute atomic E-state index is 0.156. The predicted octanol–water partition coefficient (Wildman–Crippen LogP) is 4.05. The highest BCUT2D eigenvalue weighted by atomic mass is 79.9. The van der Waals surface area contributed by atoms with E-state index in [2.05, 4.69) is 45.6 Å². The van der Waals surface area contributed by atoms with E-state index in [0.29, 0.717) is 5.69 Å². The number of nitrogen functional groups attached to an aromatic ring is 1. The van der Waals surface area contributed by atoms with Crippen molar-refractivity contribution in [3.8, 4) is 5.82 Å². The first kappa shape index (κ1) is 15.1. The Morgan fingerprint density at radius 3 is 2.73 bits per heavy atom. The van der Waals surface area contributed by atoms with Gasteiger partial charge < -0.3 is 5.73 Å². The molecule has 0 aliphatic heterocycles. The van der Waals surface area contributed by atoms with Crippen LogP contribution in [0.15, 0.2) is 58.2 Å². The summed E-state index contributed by atoms with van der Waals surface area (Å²) in [5, 5.41) is 4.62. The van der Waals surface area contributed by atoms with Crippen molar-refractivity contribution in [1.82, 2.24) is 14.8 Å². The number of hydrogen-bond donors (Lipinski definition) is 2. The minimum atomic E-state index is 0.156. The van der Waals surface area contributed by atoms with E-state index in [1.807, 2.05) is 42.6 Å².